The van der Waals surface area contributed by atoms with E-state index in [1.807, 2.05) is 17.5 Å². The predicted octanol–water partition coefficient (Wildman–Crippen LogP) is 2.31. The van der Waals surface area contributed by atoms with Crippen LogP contribution in [0.1, 0.15) is 15.2 Å². The van der Waals surface area contributed by atoms with Crippen molar-refractivity contribution < 1.29 is 4.79 Å². The van der Waals surface area contributed by atoms with Crippen LogP contribution in [0.2, 0.25) is 5.15 Å². The molecule has 1 amide bonds. The molecule has 6 heteroatoms. The fourth-order valence-electron chi connectivity index (χ4n) is 1.30. The average Bonchev–Trinajstić information content (AvgIpc) is 2.82. The van der Waals surface area contributed by atoms with Gasteiger partial charge in [-0.3, -0.25) is 4.79 Å². The molecule has 0 radical (unpaired) electrons. The molecule has 4 nitrogen and oxygen atoms in total. The van der Waals surface area contributed by atoms with Gasteiger partial charge in [-0.05, 0) is 17.5 Å². The zero-order valence-electron chi connectivity index (χ0n) is 8.81. The second-order valence-corrected chi connectivity index (χ2v) is 4.76. The number of nitrogen functional groups attached to an aromatic ring is 1. The lowest BCUT2D eigenvalue weighted by Gasteiger charge is -2.05. The zero-order valence-corrected chi connectivity index (χ0v) is 10.4. The minimum atomic E-state index is -0.275. The molecule has 0 saturated heterocycles. The van der Waals surface area contributed by atoms with Crippen LogP contribution in [0.5, 0.6) is 0 Å². The first-order valence-corrected chi connectivity index (χ1v) is 6.14. The number of carbonyl (C=O) groups excluding carboxylic acids is 1. The number of amides is 1. The van der Waals surface area contributed by atoms with Crippen LogP contribution in [0.25, 0.3) is 0 Å². The van der Waals surface area contributed by atoms with E-state index in [9.17, 15) is 4.79 Å². The molecule has 0 spiro atoms. The highest BCUT2D eigenvalue weighted by Crippen LogP contribution is 2.16. The average molecular weight is 268 g/mol. The Morgan fingerprint density at radius 2 is 2.41 bits per heavy atom. The van der Waals surface area contributed by atoms with Crippen molar-refractivity contribution in [3.05, 3.63) is 45.4 Å². The Bertz CT molecular complexity index is 528. The molecule has 2 heterocycles. The first-order chi connectivity index (χ1) is 8.16. The van der Waals surface area contributed by atoms with Gasteiger partial charge in [-0.1, -0.05) is 17.7 Å². The standard InChI is InChI=1S/C11H10ClN3OS/c12-10-9(4-7(13)5-14-10)11(16)15-6-8-2-1-3-17-8/h1-5H,6,13H2,(H,15,16). The van der Waals surface area contributed by atoms with E-state index in [-0.39, 0.29) is 11.1 Å². The van der Waals surface area contributed by atoms with Crippen LogP contribution in [-0.4, -0.2) is 10.9 Å². The van der Waals surface area contributed by atoms with Crippen LogP contribution in [-0.2, 0) is 6.54 Å². The number of nitrogens with zero attached hydrogens (tertiary/aromatic N) is 1. The van der Waals surface area contributed by atoms with Crippen LogP contribution < -0.4 is 11.1 Å². The molecule has 0 aliphatic carbocycles. The fraction of sp³-hybridized carbons (Fsp3) is 0.0909. The normalized spacial score (nSPS) is 10.2. The molecule has 0 atom stereocenters. The topological polar surface area (TPSA) is 68.0 Å². The number of pyridine rings is 1. The molecule has 2 rings (SSSR count). The Hall–Kier alpha value is -1.59. The first-order valence-electron chi connectivity index (χ1n) is 4.88. The smallest absolute Gasteiger partial charge is 0.254 e. The number of rotatable bonds is 3. The highest BCUT2D eigenvalue weighted by Gasteiger charge is 2.11. The second-order valence-electron chi connectivity index (χ2n) is 3.37. The van der Waals surface area contributed by atoms with Crippen LogP contribution in [0.15, 0.2) is 29.8 Å². The van der Waals surface area contributed by atoms with E-state index in [0.29, 0.717) is 17.8 Å². The molecule has 0 aliphatic rings. The monoisotopic (exact) mass is 267 g/mol. The van der Waals surface area contributed by atoms with Crippen LogP contribution in [0.4, 0.5) is 5.69 Å². The number of halogens is 1. The molecule has 3 N–H and O–H groups in total. The van der Waals surface area contributed by atoms with E-state index >= 15 is 0 Å². The van der Waals surface area contributed by atoms with Crippen molar-refractivity contribution in [1.29, 1.82) is 0 Å². The van der Waals surface area contributed by atoms with Gasteiger partial charge in [0.1, 0.15) is 5.15 Å². The van der Waals surface area contributed by atoms with Crippen molar-refractivity contribution in [3.8, 4) is 0 Å². The maximum absolute atomic E-state index is 11.8. The Morgan fingerprint density at radius 3 is 3.12 bits per heavy atom. The summed E-state index contributed by atoms with van der Waals surface area (Å²) in [6.07, 6.45) is 1.42. The molecular weight excluding hydrogens is 258 g/mol. The highest BCUT2D eigenvalue weighted by molar-refractivity contribution is 7.09. The minimum absolute atomic E-state index is 0.155. The number of nitrogens with one attached hydrogen (secondary N) is 1. The van der Waals surface area contributed by atoms with Crippen LogP contribution >= 0.6 is 22.9 Å². The maximum Gasteiger partial charge on any atom is 0.254 e. The van der Waals surface area contributed by atoms with E-state index in [4.69, 9.17) is 17.3 Å². The molecule has 88 valence electrons. The van der Waals surface area contributed by atoms with Crippen molar-refractivity contribution in [3.63, 3.8) is 0 Å². The highest BCUT2D eigenvalue weighted by atomic mass is 35.5. The molecular formula is C11H10ClN3OS. The summed E-state index contributed by atoms with van der Waals surface area (Å²) in [5.74, 6) is -0.275. The zero-order chi connectivity index (χ0) is 12.3. The molecule has 0 aromatic carbocycles. The number of nitrogens with two attached hydrogens (primary N) is 1. The first kappa shape index (κ1) is 11.9. The van der Waals surface area contributed by atoms with Gasteiger partial charge < -0.3 is 11.1 Å². The summed E-state index contributed by atoms with van der Waals surface area (Å²) < 4.78 is 0. The second kappa shape index (κ2) is 5.16. The quantitative estimate of drug-likeness (QED) is 0.839. The van der Waals surface area contributed by atoms with Crippen molar-refractivity contribution >= 4 is 34.5 Å². The Kier molecular flexibility index (Phi) is 3.61. The molecule has 0 fully saturated rings. The van der Waals surface area contributed by atoms with Gasteiger partial charge in [0.05, 0.1) is 24.0 Å². The van der Waals surface area contributed by atoms with Gasteiger partial charge in [0, 0.05) is 4.88 Å². The fourth-order valence-corrected chi connectivity index (χ4v) is 2.13. The predicted molar refractivity (Wildman–Crippen MR) is 69.1 cm³/mol. The Morgan fingerprint density at radius 1 is 1.59 bits per heavy atom. The van der Waals surface area contributed by atoms with E-state index in [1.165, 1.54) is 12.3 Å². The van der Waals surface area contributed by atoms with Gasteiger partial charge in [-0.15, -0.1) is 11.3 Å². The third-order valence-corrected chi connectivity index (χ3v) is 3.29. The van der Waals surface area contributed by atoms with Crippen molar-refractivity contribution in [1.82, 2.24) is 10.3 Å². The Labute approximate surface area is 107 Å². The maximum atomic E-state index is 11.8. The van der Waals surface area contributed by atoms with Crippen molar-refractivity contribution in [2.45, 2.75) is 6.54 Å². The molecule has 0 unspecified atom stereocenters. The van der Waals surface area contributed by atoms with Crippen molar-refractivity contribution in [2.75, 3.05) is 5.73 Å². The number of aromatic nitrogens is 1. The molecule has 2 aromatic heterocycles. The van der Waals surface area contributed by atoms with Gasteiger partial charge in [-0.25, -0.2) is 4.98 Å². The van der Waals surface area contributed by atoms with Crippen molar-refractivity contribution in [2.24, 2.45) is 0 Å². The summed E-state index contributed by atoms with van der Waals surface area (Å²) in [5, 5.41) is 4.87. The lowest BCUT2D eigenvalue weighted by Crippen LogP contribution is -2.23. The van der Waals surface area contributed by atoms with Gasteiger partial charge >= 0.3 is 0 Å². The summed E-state index contributed by atoms with van der Waals surface area (Å²) in [6, 6.07) is 5.39. The molecule has 0 aliphatic heterocycles. The largest absolute Gasteiger partial charge is 0.397 e. The van der Waals surface area contributed by atoms with Gasteiger partial charge in [-0.2, -0.15) is 0 Å². The SMILES string of the molecule is Nc1cnc(Cl)c(C(=O)NCc2cccs2)c1. The molecule has 0 saturated carbocycles. The number of anilines is 1. The number of thiophene rings is 1. The summed E-state index contributed by atoms with van der Waals surface area (Å²) in [6.45, 7) is 0.474. The van der Waals surface area contributed by atoms with Crippen LogP contribution in [0.3, 0.4) is 0 Å². The number of hydrogen-bond donors (Lipinski definition) is 2. The van der Waals surface area contributed by atoms with Gasteiger partial charge in [0.25, 0.3) is 5.91 Å². The summed E-state index contributed by atoms with van der Waals surface area (Å²) in [7, 11) is 0. The summed E-state index contributed by atoms with van der Waals surface area (Å²) in [5.41, 5.74) is 6.26. The molecule has 2 aromatic rings. The molecule has 17 heavy (non-hydrogen) atoms. The minimum Gasteiger partial charge on any atom is -0.397 e. The van der Waals surface area contributed by atoms with E-state index in [0.717, 1.165) is 4.88 Å². The lowest BCUT2D eigenvalue weighted by atomic mass is 10.2. The number of hydrogen-bond acceptors (Lipinski definition) is 4. The molecule has 0 bridgehead atoms. The third kappa shape index (κ3) is 2.95. The van der Waals surface area contributed by atoms with E-state index in [2.05, 4.69) is 10.3 Å². The Balaban J connectivity index is 2.07. The van der Waals surface area contributed by atoms with Gasteiger partial charge in [0.2, 0.25) is 0 Å². The van der Waals surface area contributed by atoms with Gasteiger partial charge in [0.15, 0.2) is 0 Å². The lowest BCUT2D eigenvalue weighted by molar-refractivity contribution is 0.0951. The summed E-state index contributed by atoms with van der Waals surface area (Å²) >= 11 is 7.41. The van der Waals surface area contributed by atoms with E-state index < -0.39 is 0 Å². The third-order valence-electron chi connectivity index (χ3n) is 2.11. The summed E-state index contributed by atoms with van der Waals surface area (Å²) in [4.78, 5) is 16.7. The van der Waals surface area contributed by atoms with Crippen LogP contribution in [0, 0.1) is 0 Å². The number of carbonyl (C=O) groups is 1. The van der Waals surface area contributed by atoms with E-state index in [1.54, 1.807) is 11.3 Å².